The molecule has 0 spiro atoms. The number of pyridine rings is 2. The van der Waals surface area contributed by atoms with Crippen LogP contribution in [0.15, 0.2) is 47.7 Å². The number of hydrogen-bond acceptors (Lipinski definition) is 6. The van der Waals surface area contributed by atoms with Gasteiger partial charge in [-0.1, -0.05) is 13.0 Å². The standard InChI is InChI=1S/C31H30F4N8O/c1-17-4-3-9-42(13-17)15-25-38-27-23(31(33,34)35)14-43(30(44)28(27)39-25)26-11-19(10-24(37-26)18-5-6-18)21-8-7-20(32)12-22(21)29-40-36-16-41(29)2/h7-8,10-12,14,16-18H,3-6,9,13,15H2,1-2H3,(H,38,39)/t17-/m0/s1. The minimum absolute atomic E-state index is 0.0380. The van der Waals surface area contributed by atoms with E-state index in [1.807, 2.05) is 6.07 Å². The highest BCUT2D eigenvalue weighted by Crippen LogP contribution is 2.42. The van der Waals surface area contributed by atoms with E-state index in [4.69, 9.17) is 0 Å². The predicted octanol–water partition coefficient (Wildman–Crippen LogP) is 5.84. The quantitative estimate of drug-likeness (QED) is 0.244. The van der Waals surface area contributed by atoms with E-state index in [1.54, 1.807) is 23.7 Å². The summed E-state index contributed by atoms with van der Waals surface area (Å²) in [4.78, 5) is 27.8. The normalized spacial score (nSPS) is 17.9. The molecule has 13 heteroatoms. The van der Waals surface area contributed by atoms with Crippen molar-refractivity contribution < 1.29 is 17.6 Å². The molecule has 0 unspecified atom stereocenters. The van der Waals surface area contributed by atoms with Gasteiger partial charge in [0, 0.05) is 37.0 Å². The molecule has 0 amide bonds. The van der Waals surface area contributed by atoms with Gasteiger partial charge in [-0.05, 0) is 73.5 Å². The summed E-state index contributed by atoms with van der Waals surface area (Å²) in [5, 5.41) is 8.05. The smallest absolute Gasteiger partial charge is 0.336 e. The van der Waals surface area contributed by atoms with Gasteiger partial charge in [-0.25, -0.2) is 14.4 Å². The van der Waals surface area contributed by atoms with E-state index >= 15 is 0 Å². The van der Waals surface area contributed by atoms with E-state index in [1.165, 1.54) is 18.5 Å². The molecule has 4 aromatic heterocycles. The monoisotopic (exact) mass is 606 g/mol. The Bertz CT molecular complexity index is 1940. The third-order valence-corrected chi connectivity index (χ3v) is 8.44. The van der Waals surface area contributed by atoms with Crippen molar-refractivity contribution in [1.82, 2.24) is 39.2 Å². The number of likely N-dealkylation sites (tertiary alicyclic amines) is 1. The van der Waals surface area contributed by atoms with Crippen LogP contribution in [0.3, 0.4) is 0 Å². The molecule has 5 heterocycles. The predicted molar refractivity (Wildman–Crippen MR) is 156 cm³/mol. The number of halogens is 4. The lowest BCUT2D eigenvalue weighted by molar-refractivity contribution is -0.136. The topological polar surface area (TPSA) is 97.5 Å². The minimum atomic E-state index is -4.77. The summed E-state index contributed by atoms with van der Waals surface area (Å²) < 4.78 is 60.4. The second-order valence-corrected chi connectivity index (χ2v) is 12.0. The lowest BCUT2D eigenvalue weighted by Crippen LogP contribution is -2.34. The van der Waals surface area contributed by atoms with E-state index in [-0.39, 0.29) is 17.3 Å². The third kappa shape index (κ3) is 5.29. The fourth-order valence-electron chi connectivity index (χ4n) is 6.12. The first kappa shape index (κ1) is 28.4. The van der Waals surface area contributed by atoms with Gasteiger partial charge in [-0.3, -0.25) is 14.3 Å². The molecule has 1 N–H and O–H groups in total. The number of hydrogen-bond donors (Lipinski definition) is 1. The number of imidazole rings is 1. The van der Waals surface area contributed by atoms with E-state index in [9.17, 15) is 22.4 Å². The Labute approximate surface area is 249 Å². The number of aromatic nitrogens is 7. The fourth-order valence-corrected chi connectivity index (χ4v) is 6.12. The summed E-state index contributed by atoms with van der Waals surface area (Å²) in [6, 6.07) is 7.63. The first-order chi connectivity index (χ1) is 21.0. The number of nitrogens with one attached hydrogen (secondary N) is 1. The molecule has 1 saturated heterocycles. The van der Waals surface area contributed by atoms with Gasteiger partial charge < -0.3 is 9.55 Å². The van der Waals surface area contributed by atoms with E-state index in [0.29, 0.717) is 46.5 Å². The molecule has 2 fully saturated rings. The number of H-pyrrole nitrogens is 1. The third-order valence-electron chi connectivity index (χ3n) is 8.44. The van der Waals surface area contributed by atoms with Gasteiger partial charge in [-0.15, -0.1) is 10.2 Å². The van der Waals surface area contributed by atoms with Gasteiger partial charge in [0.1, 0.15) is 40.4 Å². The molecule has 2 aliphatic rings. The molecule has 1 atom stereocenters. The van der Waals surface area contributed by atoms with Crippen LogP contribution in [0.1, 0.15) is 55.6 Å². The maximum absolute atomic E-state index is 14.5. The van der Waals surface area contributed by atoms with Crippen LogP contribution in [0.4, 0.5) is 17.6 Å². The minimum Gasteiger partial charge on any atom is -0.336 e. The number of fused-ring (bicyclic) bond motifs is 1. The van der Waals surface area contributed by atoms with Gasteiger partial charge in [0.05, 0.1) is 6.54 Å². The molecule has 0 radical (unpaired) electrons. The molecule has 5 aromatic rings. The molecule has 0 bridgehead atoms. The SMILES string of the molecule is C[C@H]1CCCN(Cc2nc3c(C(F)(F)F)cn(-c4cc(-c5ccc(F)cc5-c5nncn5C)cc(C5CC5)n4)c(=O)c3[nH]2)C1. The average Bonchev–Trinajstić information content (AvgIpc) is 3.61. The second kappa shape index (κ2) is 10.7. The van der Waals surface area contributed by atoms with Crippen LogP contribution < -0.4 is 5.56 Å². The molecule has 7 rings (SSSR count). The molecule has 1 aromatic carbocycles. The lowest BCUT2D eigenvalue weighted by atomic mass is 9.98. The largest absolute Gasteiger partial charge is 0.419 e. The number of alkyl halides is 3. The Hall–Kier alpha value is -4.39. The highest BCUT2D eigenvalue weighted by atomic mass is 19.4. The van der Waals surface area contributed by atoms with E-state index in [0.717, 1.165) is 49.5 Å². The van der Waals surface area contributed by atoms with E-state index in [2.05, 4.69) is 37.0 Å². The summed E-state index contributed by atoms with van der Waals surface area (Å²) in [7, 11) is 1.73. The lowest BCUT2D eigenvalue weighted by Gasteiger charge is -2.29. The van der Waals surface area contributed by atoms with Crippen molar-refractivity contribution in [3.63, 3.8) is 0 Å². The fraction of sp³-hybridized carbons (Fsp3) is 0.387. The number of aromatic amines is 1. The molecule has 1 aliphatic carbocycles. The van der Waals surface area contributed by atoms with Gasteiger partial charge >= 0.3 is 6.18 Å². The summed E-state index contributed by atoms with van der Waals surface area (Å²) in [6.07, 6.45) is 1.36. The zero-order chi connectivity index (χ0) is 30.7. The molecular formula is C31H30F4N8O. The highest BCUT2D eigenvalue weighted by molar-refractivity contribution is 5.82. The van der Waals surface area contributed by atoms with Crippen molar-refractivity contribution in [2.24, 2.45) is 13.0 Å². The van der Waals surface area contributed by atoms with Crippen molar-refractivity contribution >= 4 is 11.0 Å². The number of rotatable bonds is 6. The number of aryl methyl sites for hydroxylation is 1. The molecule has 44 heavy (non-hydrogen) atoms. The number of nitrogens with zero attached hydrogens (tertiary/aromatic N) is 7. The maximum Gasteiger partial charge on any atom is 0.419 e. The van der Waals surface area contributed by atoms with Crippen molar-refractivity contribution in [2.45, 2.75) is 51.2 Å². The van der Waals surface area contributed by atoms with Gasteiger partial charge in [0.15, 0.2) is 5.82 Å². The molecule has 1 saturated carbocycles. The maximum atomic E-state index is 14.5. The van der Waals surface area contributed by atoms with Gasteiger partial charge in [0.2, 0.25) is 0 Å². The van der Waals surface area contributed by atoms with Crippen LogP contribution in [0.25, 0.3) is 39.4 Å². The van der Waals surface area contributed by atoms with Crippen LogP contribution in [0.2, 0.25) is 0 Å². The number of benzene rings is 1. The first-order valence-corrected chi connectivity index (χ1v) is 14.7. The van der Waals surface area contributed by atoms with Crippen molar-refractivity contribution in [3.05, 3.63) is 76.1 Å². The van der Waals surface area contributed by atoms with Crippen LogP contribution in [-0.2, 0) is 19.8 Å². The zero-order valence-electron chi connectivity index (χ0n) is 24.2. The van der Waals surface area contributed by atoms with Crippen LogP contribution in [0, 0.1) is 11.7 Å². The summed E-state index contributed by atoms with van der Waals surface area (Å²) in [5.41, 5.74) is -0.0789. The van der Waals surface area contributed by atoms with Crippen LogP contribution in [-0.4, -0.2) is 52.3 Å². The van der Waals surface area contributed by atoms with Crippen molar-refractivity contribution in [2.75, 3.05) is 13.1 Å². The zero-order valence-corrected chi connectivity index (χ0v) is 24.2. The highest BCUT2D eigenvalue weighted by Gasteiger charge is 2.36. The summed E-state index contributed by atoms with van der Waals surface area (Å²) in [5.74, 6) is 0.876. The first-order valence-electron chi connectivity index (χ1n) is 14.7. The Morgan fingerprint density at radius 2 is 1.89 bits per heavy atom. The molecule has 9 nitrogen and oxygen atoms in total. The van der Waals surface area contributed by atoms with Crippen LogP contribution >= 0.6 is 0 Å². The Morgan fingerprint density at radius 3 is 2.59 bits per heavy atom. The summed E-state index contributed by atoms with van der Waals surface area (Å²) >= 11 is 0. The Balaban J connectivity index is 1.39. The Morgan fingerprint density at radius 1 is 1.07 bits per heavy atom. The van der Waals surface area contributed by atoms with E-state index < -0.39 is 28.6 Å². The van der Waals surface area contributed by atoms with Gasteiger partial charge in [-0.2, -0.15) is 13.2 Å². The van der Waals surface area contributed by atoms with Gasteiger partial charge in [0.25, 0.3) is 5.56 Å². The van der Waals surface area contributed by atoms with Crippen LogP contribution in [0.5, 0.6) is 0 Å². The molecular weight excluding hydrogens is 576 g/mol. The van der Waals surface area contributed by atoms with Crippen molar-refractivity contribution in [3.8, 4) is 28.3 Å². The average molecular weight is 607 g/mol. The molecule has 1 aliphatic heterocycles. The Kier molecular flexibility index (Phi) is 6.87. The van der Waals surface area contributed by atoms with Crippen molar-refractivity contribution in [1.29, 1.82) is 0 Å². The summed E-state index contributed by atoms with van der Waals surface area (Å²) in [6.45, 7) is 4.10. The second-order valence-electron chi connectivity index (χ2n) is 12.0. The number of piperidine rings is 1. The molecule has 228 valence electrons.